The topological polar surface area (TPSA) is 21.3 Å². The number of benzene rings is 8. The zero-order valence-electron chi connectivity index (χ0n) is 26.6. The Morgan fingerprint density at radius 3 is 1.98 bits per heavy atom. The van der Waals surface area contributed by atoms with Crippen LogP contribution in [-0.2, 0) is 0 Å². The van der Waals surface area contributed by atoms with Crippen molar-refractivity contribution in [2.75, 3.05) is 4.90 Å². The largest absolute Gasteiger partial charge is 0.456 e. The summed E-state index contributed by atoms with van der Waals surface area (Å²) in [5, 5.41) is 7.03. The lowest BCUT2D eigenvalue weighted by molar-refractivity contribution is 0.669. The molecular weight excluding hydrogens is 597 g/mol. The van der Waals surface area contributed by atoms with E-state index in [1.165, 1.54) is 32.8 Å². The van der Waals surface area contributed by atoms with Crippen molar-refractivity contribution in [2.24, 2.45) is 0 Å². The first kappa shape index (κ1) is 27.5. The van der Waals surface area contributed by atoms with E-state index in [-0.39, 0.29) is 0 Å². The van der Waals surface area contributed by atoms with Gasteiger partial charge in [0.05, 0.1) is 16.7 Å². The Morgan fingerprint density at radius 2 is 1.10 bits per heavy atom. The van der Waals surface area contributed by atoms with E-state index in [9.17, 15) is 0 Å². The van der Waals surface area contributed by atoms with Gasteiger partial charge in [0.1, 0.15) is 11.2 Å². The molecule has 2 aromatic heterocycles. The first-order valence-electron chi connectivity index (χ1n) is 16.7. The van der Waals surface area contributed by atoms with Gasteiger partial charge in [-0.3, -0.25) is 0 Å². The number of hydrogen-bond acceptors (Lipinski definition) is 2. The van der Waals surface area contributed by atoms with E-state index < -0.39 is 0 Å². The number of fused-ring (bicyclic) bond motifs is 7. The lowest BCUT2D eigenvalue weighted by atomic mass is 10.0. The second-order valence-electron chi connectivity index (χ2n) is 12.6. The van der Waals surface area contributed by atoms with E-state index in [1.54, 1.807) is 0 Å². The molecule has 10 rings (SSSR count). The normalized spacial score (nSPS) is 11.7. The van der Waals surface area contributed by atoms with E-state index in [0.29, 0.717) is 0 Å². The van der Waals surface area contributed by atoms with Crippen LogP contribution in [0.4, 0.5) is 17.1 Å². The maximum absolute atomic E-state index is 6.33. The van der Waals surface area contributed by atoms with E-state index in [4.69, 9.17) is 4.42 Å². The molecule has 49 heavy (non-hydrogen) atoms. The molecule has 0 spiro atoms. The molecule has 0 bridgehead atoms. The van der Waals surface area contributed by atoms with Crippen LogP contribution in [0, 0.1) is 0 Å². The molecule has 0 amide bonds. The van der Waals surface area contributed by atoms with Crippen LogP contribution in [0.25, 0.3) is 71.3 Å². The molecule has 3 heteroatoms. The second kappa shape index (κ2) is 11.0. The predicted octanol–water partition coefficient (Wildman–Crippen LogP) is 13.0. The molecular formula is C46H30N2O. The molecule has 0 fully saturated rings. The van der Waals surface area contributed by atoms with Crippen molar-refractivity contribution in [1.29, 1.82) is 0 Å². The first-order chi connectivity index (χ1) is 24.3. The summed E-state index contributed by atoms with van der Waals surface area (Å²) in [7, 11) is 0. The van der Waals surface area contributed by atoms with E-state index in [2.05, 4.69) is 179 Å². The van der Waals surface area contributed by atoms with Crippen LogP contribution in [0.2, 0.25) is 0 Å². The average molecular weight is 627 g/mol. The molecule has 0 saturated carbocycles. The monoisotopic (exact) mass is 626 g/mol. The van der Waals surface area contributed by atoms with Crippen molar-refractivity contribution in [2.45, 2.75) is 0 Å². The van der Waals surface area contributed by atoms with Gasteiger partial charge >= 0.3 is 0 Å². The van der Waals surface area contributed by atoms with Crippen LogP contribution < -0.4 is 4.90 Å². The Hall–Kier alpha value is -6.58. The van der Waals surface area contributed by atoms with Crippen LogP contribution in [-0.4, -0.2) is 4.57 Å². The van der Waals surface area contributed by atoms with Gasteiger partial charge < -0.3 is 13.9 Å². The van der Waals surface area contributed by atoms with Crippen LogP contribution in [0.15, 0.2) is 186 Å². The summed E-state index contributed by atoms with van der Waals surface area (Å²) in [4.78, 5) is 2.41. The fraction of sp³-hybridized carbons (Fsp3) is 0. The molecule has 230 valence electrons. The minimum absolute atomic E-state index is 0.898. The van der Waals surface area contributed by atoms with Crippen LogP contribution in [0.3, 0.4) is 0 Å². The van der Waals surface area contributed by atoms with Crippen molar-refractivity contribution in [1.82, 2.24) is 4.57 Å². The maximum Gasteiger partial charge on any atom is 0.136 e. The molecule has 0 saturated heterocycles. The summed E-state index contributed by atoms with van der Waals surface area (Å²) in [6, 6.07) is 65.1. The number of para-hydroxylation sites is 4. The van der Waals surface area contributed by atoms with Gasteiger partial charge in [-0.15, -0.1) is 0 Å². The standard InChI is InChI=1S/C46H30N2O/c1-3-13-31(14-4-1)32-15-11-18-36(27-32)47(37-26-25-33-29-41-39-20-8-10-24-44(39)49-45(41)30-34(33)28-37)43-23-12-21-40-38-19-7-9-22-42(38)48(46(40)43)35-16-5-2-6-17-35/h1-30H. The SMILES string of the molecule is c1ccc(-c2cccc(N(c3ccc4cc5c(cc4c3)oc3ccccc35)c3cccc4c5ccccc5n(-c5ccccc5)c34)c2)cc1. The van der Waals surface area contributed by atoms with Crippen molar-refractivity contribution in [3.63, 3.8) is 0 Å². The maximum atomic E-state index is 6.33. The van der Waals surface area contributed by atoms with Gasteiger partial charge in [-0.05, 0) is 88.6 Å². The van der Waals surface area contributed by atoms with E-state index in [0.717, 1.165) is 55.6 Å². The molecule has 8 aromatic carbocycles. The number of hydrogen-bond donors (Lipinski definition) is 0. The lowest BCUT2D eigenvalue weighted by Crippen LogP contribution is -2.12. The van der Waals surface area contributed by atoms with E-state index >= 15 is 0 Å². The molecule has 10 aromatic rings. The van der Waals surface area contributed by atoms with E-state index in [1.807, 2.05) is 12.1 Å². The molecule has 0 aliphatic heterocycles. The zero-order valence-corrected chi connectivity index (χ0v) is 26.6. The van der Waals surface area contributed by atoms with Crippen molar-refractivity contribution < 1.29 is 4.42 Å². The lowest BCUT2D eigenvalue weighted by Gasteiger charge is -2.28. The quantitative estimate of drug-likeness (QED) is 0.190. The van der Waals surface area contributed by atoms with Gasteiger partial charge in [0.25, 0.3) is 0 Å². The summed E-state index contributed by atoms with van der Waals surface area (Å²) in [5.74, 6) is 0. The Kier molecular flexibility index (Phi) is 6.18. The Bertz CT molecular complexity index is 2830. The Labute approximate surface area is 283 Å². The first-order valence-corrected chi connectivity index (χ1v) is 16.7. The van der Waals surface area contributed by atoms with Crippen LogP contribution >= 0.6 is 0 Å². The fourth-order valence-corrected chi connectivity index (χ4v) is 7.50. The third kappa shape index (κ3) is 4.44. The highest BCUT2D eigenvalue weighted by atomic mass is 16.3. The van der Waals surface area contributed by atoms with Crippen LogP contribution in [0.1, 0.15) is 0 Å². The molecule has 2 heterocycles. The number of anilines is 3. The molecule has 0 aliphatic carbocycles. The van der Waals surface area contributed by atoms with Crippen LogP contribution in [0.5, 0.6) is 0 Å². The minimum atomic E-state index is 0.898. The fourth-order valence-electron chi connectivity index (χ4n) is 7.50. The highest BCUT2D eigenvalue weighted by molar-refractivity contribution is 6.15. The van der Waals surface area contributed by atoms with Gasteiger partial charge in [-0.1, -0.05) is 115 Å². The third-order valence-electron chi connectivity index (χ3n) is 9.72. The molecule has 0 aliphatic rings. The van der Waals surface area contributed by atoms with Gasteiger partial charge in [0.2, 0.25) is 0 Å². The Balaban J connectivity index is 1.27. The second-order valence-corrected chi connectivity index (χ2v) is 12.6. The third-order valence-corrected chi connectivity index (χ3v) is 9.72. The highest BCUT2D eigenvalue weighted by Crippen LogP contribution is 2.45. The highest BCUT2D eigenvalue weighted by Gasteiger charge is 2.22. The summed E-state index contributed by atoms with van der Waals surface area (Å²) in [6.45, 7) is 0. The smallest absolute Gasteiger partial charge is 0.136 e. The average Bonchev–Trinajstić information content (AvgIpc) is 3.70. The van der Waals surface area contributed by atoms with Crippen molar-refractivity contribution in [3.8, 4) is 16.8 Å². The van der Waals surface area contributed by atoms with Gasteiger partial charge in [-0.2, -0.15) is 0 Å². The predicted molar refractivity (Wildman–Crippen MR) is 206 cm³/mol. The minimum Gasteiger partial charge on any atom is -0.456 e. The summed E-state index contributed by atoms with van der Waals surface area (Å²) < 4.78 is 8.74. The molecule has 0 N–H and O–H groups in total. The molecule has 0 radical (unpaired) electrons. The summed E-state index contributed by atoms with van der Waals surface area (Å²) >= 11 is 0. The van der Waals surface area contributed by atoms with Gasteiger partial charge in [-0.25, -0.2) is 0 Å². The Morgan fingerprint density at radius 1 is 0.408 bits per heavy atom. The number of furan rings is 1. The number of nitrogens with zero attached hydrogens (tertiary/aromatic N) is 2. The number of aromatic nitrogens is 1. The number of rotatable bonds is 5. The van der Waals surface area contributed by atoms with Crippen molar-refractivity contribution >= 4 is 71.6 Å². The van der Waals surface area contributed by atoms with Gasteiger partial charge in [0.15, 0.2) is 0 Å². The molecule has 0 unspecified atom stereocenters. The summed E-state index contributed by atoms with van der Waals surface area (Å²) in [6.07, 6.45) is 0. The zero-order chi connectivity index (χ0) is 32.3. The van der Waals surface area contributed by atoms with Gasteiger partial charge in [0, 0.05) is 38.6 Å². The molecule has 0 atom stereocenters. The van der Waals surface area contributed by atoms with Crippen molar-refractivity contribution in [3.05, 3.63) is 182 Å². The summed E-state index contributed by atoms with van der Waals surface area (Å²) in [5.41, 5.74) is 10.9. The molecule has 3 nitrogen and oxygen atoms in total.